The molecule has 3 heteroatoms. The zero-order valence-corrected chi connectivity index (χ0v) is 8.60. The molecule has 0 spiro atoms. The van der Waals surface area contributed by atoms with E-state index in [1.54, 1.807) is 18.0 Å². The van der Waals surface area contributed by atoms with E-state index in [4.69, 9.17) is 5.41 Å². The molecule has 1 heterocycles. The van der Waals surface area contributed by atoms with Crippen LogP contribution in [-0.4, -0.2) is 15.8 Å². The van der Waals surface area contributed by atoms with Gasteiger partial charge < -0.3 is 0 Å². The Hall–Kier alpha value is -0.830. The van der Waals surface area contributed by atoms with Gasteiger partial charge in [0.1, 0.15) is 0 Å². The van der Waals surface area contributed by atoms with Crippen molar-refractivity contribution in [3.8, 4) is 0 Å². The van der Waals surface area contributed by atoms with Gasteiger partial charge in [0.15, 0.2) is 0 Å². The molecule has 0 atom stereocenters. The van der Waals surface area contributed by atoms with Crippen LogP contribution in [0.1, 0.15) is 19.0 Å². The summed E-state index contributed by atoms with van der Waals surface area (Å²) in [5.41, 5.74) is 1.07. The molecule has 1 aromatic heterocycles. The Labute approximate surface area is 83.3 Å². The second-order valence-corrected chi connectivity index (χ2v) is 4.04. The summed E-state index contributed by atoms with van der Waals surface area (Å²) in [5.74, 6) is 0.987. The summed E-state index contributed by atoms with van der Waals surface area (Å²) in [6, 6.07) is 5.90. The number of rotatable bonds is 4. The molecule has 0 amide bonds. The van der Waals surface area contributed by atoms with Gasteiger partial charge in [0.25, 0.3) is 0 Å². The van der Waals surface area contributed by atoms with Crippen molar-refractivity contribution < 1.29 is 0 Å². The normalized spacial score (nSPS) is 9.92. The summed E-state index contributed by atoms with van der Waals surface area (Å²) in [6.07, 6.45) is 3.49. The lowest BCUT2D eigenvalue weighted by atomic mass is 10.2. The molecule has 0 fully saturated rings. The minimum absolute atomic E-state index is 0.758. The molecule has 1 rings (SSSR count). The second kappa shape index (κ2) is 5.75. The Morgan fingerprint density at radius 2 is 2.38 bits per heavy atom. The lowest BCUT2D eigenvalue weighted by molar-refractivity contribution is 0.975. The average Bonchev–Trinajstić information content (AvgIpc) is 2.17. The lowest BCUT2D eigenvalue weighted by Gasteiger charge is -2.00. The first kappa shape index (κ1) is 10.3. The molecule has 0 aliphatic heterocycles. The van der Waals surface area contributed by atoms with Gasteiger partial charge in [0.2, 0.25) is 0 Å². The van der Waals surface area contributed by atoms with E-state index >= 15 is 0 Å². The van der Waals surface area contributed by atoms with Crippen molar-refractivity contribution >= 4 is 16.8 Å². The molecule has 2 nitrogen and oxygen atoms in total. The number of aryl methyl sites for hydroxylation is 1. The summed E-state index contributed by atoms with van der Waals surface area (Å²) in [6.45, 7) is 2.07. The third-order valence-electron chi connectivity index (χ3n) is 1.65. The highest BCUT2D eigenvalue weighted by Crippen LogP contribution is 2.08. The van der Waals surface area contributed by atoms with Crippen molar-refractivity contribution in [1.82, 2.24) is 4.98 Å². The number of pyridine rings is 1. The van der Waals surface area contributed by atoms with E-state index in [2.05, 4.69) is 11.9 Å². The van der Waals surface area contributed by atoms with Crippen LogP contribution in [0.25, 0.3) is 0 Å². The van der Waals surface area contributed by atoms with Crippen molar-refractivity contribution in [2.75, 3.05) is 5.75 Å². The average molecular weight is 194 g/mol. The van der Waals surface area contributed by atoms with Crippen LogP contribution in [0.15, 0.2) is 24.4 Å². The Morgan fingerprint density at radius 3 is 3.00 bits per heavy atom. The second-order valence-electron chi connectivity index (χ2n) is 2.68. The number of aromatic nitrogens is 1. The fourth-order valence-electron chi connectivity index (χ4n) is 1.03. The fraction of sp³-hybridized carbons (Fsp3) is 0.400. The smallest absolute Gasteiger partial charge is 0.0645 e. The Kier molecular flexibility index (Phi) is 4.54. The van der Waals surface area contributed by atoms with Gasteiger partial charge in [-0.2, -0.15) is 0 Å². The maximum Gasteiger partial charge on any atom is 0.0645 e. The summed E-state index contributed by atoms with van der Waals surface area (Å²) >= 11 is 1.61. The Bertz CT molecular complexity index is 259. The van der Waals surface area contributed by atoms with Crippen molar-refractivity contribution in [2.45, 2.75) is 19.8 Å². The van der Waals surface area contributed by atoms with E-state index in [9.17, 15) is 0 Å². The molecule has 0 unspecified atom stereocenters. The Balaban J connectivity index is 2.31. The van der Waals surface area contributed by atoms with Gasteiger partial charge in [0.05, 0.1) is 5.04 Å². The zero-order valence-electron chi connectivity index (χ0n) is 7.79. The quantitative estimate of drug-likeness (QED) is 0.591. The van der Waals surface area contributed by atoms with Crippen molar-refractivity contribution in [2.24, 2.45) is 0 Å². The predicted octanol–water partition coefficient (Wildman–Crippen LogP) is 2.74. The maximum atomic E-state index is 7.57. The third-order valence-corrected chi connectivity index (χ3v) is 2.49. The largest absolute Gasteiger partial charge is 0.298 e. The van der Waals surface area contributed by atoms with Crippen LogP contribution in [0.3, 0.4) is 0 Å². The van der Waals surface area contributed by atoms with Gasteiger partial charge in [-0.05, 0) is 24.3 Å². The van der Waals surface area contributed by atoms with Gasteiger partial charge in [-0.15, -0.1) is 11.8 Å². The van der Waals surface area contributed by atoms with E-state index in [1.807, 2.05) is 18.2 Å². The number of hydrogen-bond donors (Lipinski definition) is 1. The highest BCUT2D eigenvalue weighted by atomic mass is 32.2. The first-order valence-electron chi connectivity index (χ1n) is 4.43. The van der Waals surface area contributed by atoms with Crippen LogP contribution >= 0.6 is 11.8 Å². The first-order valence-corrected chi connectivity index (χ1v) is 5.41. The van der Waals surface area contributed by atoms with Gasteiger partial charge in [-0.25, -0.2) is 0 Å². The van der Waals surface area contributed by atoms with Gasteiger partial charge in [-0.3, -0.25) is 10.4 Å². The maximum absolute atomic E-state index is 7.57. The fourth-order valence-corrected chi connectivity index (χ4v) is 1.63. The van der Waals surface area contributed by atoms with E-state index in [0.29, 0.717) is 0 Å². The molecule has 0 radical (unpaired) electrons. The van der Waals surface area contributed by atoms with Gasteiger partial charge in [0, 0.05) is 18.3 Å². The molecule has 1 aromatic rings. The van der Waals surface area contributed by atoms with E-state index in [-0.39, 0.29) is 0 Å². The third kappa shape index (κ3) is 4.08. The number of nitrogens with one attached hydrogen (secondary N) is 1. The van der Waals surface area contributed by atoms with Crippen LogP contribution < -0.4 is 0 Å². The van der Waals surface area contributed by atoms with Crippen LogP contribution in [0.2, 0.25) is 0 Å². The number of hydrogen-bond acceptors (Lipinski definition) is 3. The minimum atomic E-state index is 0.758. The summed E-state index contributed by atoms with van der Waals surface area (Å²) in [5, 5.41) is 8.33. The van der Waals surface area contributed by atoms with Crippen LogP contribution in [-0.2, 0) is 6.42 Å². The van der Waals surface area contributed by atoms with E-state index in [1.165, 1.54) is 0 Å². The van der Waals surface area contributed by atoms with Crippen molar-refractivity contribution in [3.05, 3.63) is 30.1 Å². The molecular weight excluding hydrogens is 180 g/mol. The van der Waals surface area contributed by atoms with Crippen LogP contribution in [0.5, 0.6) is 0 Å². The molecule has 0 aliphatic rings. The van der Waals surface area contributed by atoms with Gasteiger partial charge in [-0.1, -0.05) is 13.0 Å². The van der Waals surface area contributed by atoms with E-state index in [0.717, 1.165) is 29.3 Å². The lowest BCUT2D eigenvalue weighted by Crippen LogP contribution is -1.96. The molecular formula is C10H14N2S. The number of nitrogens with zero attached hydrogens (tertiary/aromatic N) is 1. The molecule has 0 aliphatic carbocycles. The summed E-state index contributed by atoms with van der Waals surface area (Å²) < 4.78 is 0. The standard InChI is InChI=1S/C10H14N2S/c1-2-13-10(11)7-6-9-5-3-4-8-12-9/h3-5,8,11H,2,6-7H2,1H3. The predicted molar refractivity (Wildman–Crippen MR) is 58.4 cm³/mol. The molecule has 13 heavy (non-hydrogen) atoms. The minimum Gasteiger partial charge on any atom is -0.298 e. The summed E-state index contributed by atoms with van der Waals surface area (Å²) in [4.78, 5) is 4.20. The molecule has 0 bridgehead atoms. The SMILES string of the molecule is CCSC(=N)CCc1ccccn1. The van der Waals surface area contributed by atoms with Crippen LogP contribution in [0.4, 0.5) is 0 Å². The number of thioether (sulfide) groups is 1. The first-order chi connectivity index (χ1) is 6.33. The monoisotopic (exact) mass is 194 g/mol. The van der Waals surface area contributed by atoms with Gasteiger partial charge >= 0.3 is 0 Å². The molecule has 1 N–H and O–H groups in total. The molecule has 70 valence electrons. The molecule has 0 saturated heterocycles. The topological polar surface area (TPSA) is 36.7 Å². The van der Waals surface area contributed by atoms with Crippen molar-refractivity contribution in [3.63, 3.8) is 0 Å². The molecule has 0 saturated carbocycles. The Morgan fingerprint density at radius 1 is 1.54 bits per heavy atom. The highest BCUT2D eigenvalue weighted by molar-refractivity contribution is 8.13. The van der Waals surface area contributed by atoms with Crippen molar-refractivity contribution in [1.29, 1.82) is 5.41 Å². The van der Waals surface area contributed by atoms with E-state index < -0.39 is 0 Å². The summed E-state index contributed by atoms with van der Waals surface area (Å²) in [7, 11) is 0. The zero-order chi connectivity index (χ0) is 9.52. The van der Waals surface area contributed by atoms with Crippen LogP contribution in [0, 0.1) is 5.41 Å². The molecule has 0 aromatic carbocycles. The highest BCUT2D eigenvalue weighted by Gasteiger charge is 1.98.